The van der Waals surface area contributed by atoms with Crippen LogP contribution >= 0.6 is 0 Å². The number of hydrogen-bond acceptors (Lipinski definition) is 4. The predicted molar refractivity (Wildman–Crippen MR) is 71.8 cm³/mol. The van der Waals surface area contributed by atoms with Gasteiger partial charge in [-0.1, -0.05) is 18.2 Å². The Labute approximate surface area is 112 Å². The minimum atomic E-state index is -0.364. The van der Waals surface area contributed by atoms with E-state index in [9.17, 15) is 9.59 Å². The number of ether oxygens (including phenoxy) is 1. The van der Waals surface area contributed by atoms with Gasteiger partial charge in [-0.15, -0.1) is 0 Å². The first-order valence-electron chi connectivity index (χ1n) is 6.48. The number of carbonyl (C=O) groups is 2. The lowest BCUT2D eigenvalue weighted by Crippen LogP contribution is -2.42. The molecule has 1 unspecified atom stereocenters. The van der Waals surface area contributed by atoms with Crippen molar-refractivity contribution < 1.29 is 14.3 Å². The van der Waals surface area contributed by atoms with Gasteiger partial charge in [-0.3, -0.25) is 14.9 Å². The van der Waals surface area contributed by atoms with Gasteiger partial charge in [-0.25, -0.2) is 0 Å². The zero-order valence-corrected chi connectivity index (χ0v) is 10.9. The molecule has 102 valence electrons. The highest BCUT2D eigenvalue weighted by atomic mass is 16.5. The Kier molecular flexibility index (Phi) is 4.52. The van der Waals surface area contributed by atoms with E-state index in [0.29, 0.717) is 13.0 Å². The van der Waals surface area contributed by atoms with Gasteiger partial charge < -0.3 is 10.1 Å². The molecule has 1 aliphatic heterocycles. The molecule has 0 aromatic heterocycles. The molecule has 0 radical (unpaired) electrons. The molecule has 1 amide bonds. The van der Waals surface area contributed by atoms with Crippen molar-refractivity contribution in [1.82, 2.24) is 5.32 Å². The van der Waals surface area contributed by atoms with E-state index in [2.05, 4.69) is 10.6 Å². The summed E-state index contributed by atoms with van der Waals surface area (Å²) in [4.78, 5) is 23.3. The smallest absolute Gasteiger partial charge is 0.319 e. The van der Waals surface area contributed by atoms with Crippen LogP contribution in [0.3, 0.4) is 0 Å². The molecule has 19 heavy (non-hydrogen) atoms. The quantitative estimate of drug-likeness (QED) is 0.797. The fraction of sp³-hybridized carbons (Fsp3) is 0.429. The molecule has 1 aliphatic rings. The molecule has 0 fully saturated rings. The summed E-state index contributed by atoms with van der Waals surface area (Å²) in [6.07, 6.45) is 1.47. The van der Waals surface area contributed by atoms with E-state index < -0.39 is 0 Å². The van der Waals surface area contributed by atoms with Gasteiger partial charge in [0.15, 0.2) is 0 Å². The molecule has 0 saturated carbocycles. The Morgan fingerprint density at radius 1 is 1.47 bits per heavy atom. The minimum absolute atomic E-state index is 0.0578. The first-order chi connectivity index (χ1) is 9.20. The Hall–Kier alpha value is -1.88. The standard InChI is InChI=1S/C14H18N2O3/c1-2-19-13(17)9-15-12-8-7-10-5-3-4-6-11(10)16-14(12)18/h3-6,12,15H,2,7-9H2,1H3,(H,16,18). The van der Waals surface area contributed by atoms with Crippen LogP contribution in [-0.4, -0.2) is 31.1 Å². The predicted octanol–water partition coefficient (Wildman–Crippen LogP) is 1.09. The average molecular weight is 262 g/mol. The Morgan fingerprint density at radius 2 is 2.26 bits per heavy atom. The van der Waals surface area contributed by atoms with E-state index >= 15 is 0 Å². The van der Waals surface area contributed by atoms with Crippen molar-refractivity contribution in [2.24, 2.45) is 0 Å². The summed E-state index contributed by atoms with van der Waals surface area (Å²) in [5.41, 5.74) is 1.98. The van der Waals surface area contributed by atoms with Crippen molar-refractivity contribution in [1.29, 1.82) is 0 Å². The van der Waals surface area contributed by atoms with Crippen molar-refractivity contribution in [3.63, 3.8) is 0 Å². The normalized spacial score (nSPS) is 18.2. The number of amides is 1. The number of anilines is 1. The second kappa shape index (κ2) is 6.33. The maximum absolute atomic E-state index is 12.0. The summed E-state index contributed by atoms with van der Waals surface area (Å²) in [5, 5.41) is 5.82. The van der Waals surface area contributed by atoms with Crippen LogP contribution in [0.15, 0.2) is 24.3 Å². The maximum atomic E-state index is 12.0. The number of carbonyl (C=O) groups excluding carboxylic acids is 2. The van der Waals surface area contributed by atoms with Crippen molar-refractivity contribution in [3.8, 4) is 0 Å². The van der Waals surface area contributed by atoms with E-state index in [1.54, 1.807) is 6.92 Å². The first kappa shape index (κ1) is 13.5. The molecule has 2 rings (SSSR count). The lowest BCUT2D eigenvalue weighted by molar-refractivity contribution is -0.142. The van der Waals surface area contributed by atoms with E-state index in [4.69, 9.17) is 4.74 Å². The number of nitrogens with one attached hydrogen (secondary N) is 2. The number of para-hydroxylation sites is 1. The molecule has 1 atom stereocenters. The molecular weight excluding hydrogens is 244 g/mol. The molecule has 0 aliphatic carbocycles. The van der Waals surface area contributed by atoms with E-state index in [-0.39, 0.29) is 24.5 Å². The third-order valence-electron chi connectivity index (χ3n) is 3.09. The number of esters is 1. The van der Waals surface area contributed by atoms with Crippen molar-refractivity contribution in [2.45, 2.75) is 25.8 Å². The van der Waals surface area contributed by atoms with Gasteiger partial charge in [0.25, 0.3) is 0 Å². The summed E-state index contributed by atoms with van der Waals surface area (Å²) < 4.78 is 4.83. The molecule has 2 N–H and O–H groups in total. The number of fused-ring (bicyclic) bond motifs is 1. The summed E-state index contributed by atoms with van der Waals surface area (Å²) in [6.45, 7) is 2.16. The van der Waals surface area contributed by atoms with Gasteiger partial charge in [0.2, 0.25) is 5.91 Å². The number of aryl methyl sites for hydroxylation is 1. The Balaban J connectivity index is 1.95. The van der Waals surface area contributed by atoms with Crippen molar-refractivity contribution in [3.05, 3.63) is 29.8 Å². The number of benzene rings is 1. The lowest BCUT2D eigenvalue weighted by atomic mass is 10.1. The van der Waals surface area contributed by atoms with E-state index in [1.165, 1.54) is 0 Å². The van der Waals surface area contributed by atoms with Crippen LogP contribution in [0.1, 0.15) is 18.9 Å². The summed E-state index contributed by atoms with van der Waals surface area (Å²) in [5.74, 6) is -0.439. The fourth-order valence-corrected chi connectivity index (χ4v) is 2.12. The van der Waals surface area contributed by atoms with Gasteiger partial charge in [-0.2, -0.15) is 0 Å². The zero-order valence-electron chi connectivity index (χ0n) is 10.9. The second-order valence-corrected chi connectivity index (χ2v) is 4.42. The Bertz CT molecular complexity index is 474. The van der Waals surface area contributed by atoms with E-state index in [1.807, 2.05) is 24.3 Å². The molecule has 1 aromatic carbocycles. The molecule has 0 bridgehead atoms. The van der Waals surface area contributed by atoms with Crippen LogP contribution in [0.4, 0.5) is 5.69 Å². The first-order valence-corrected chi connectivity index (χ1v) is 6.48. The highest BCUT2D eigenvalue weighted by Gasteiger charge is 2.23. The minimum Gasteiger partial charge on any atom is -0.465 e. The van der Waals surface area contributed by atoms with Crippen molar-refractivity contribution >= 4 is 17.6 Å². The third-order valence-corrected chi connectivity index (χ3v) is 3.09. The topological polar surface area (TPSA) is 67.4 Å². The van der Waals surface area contributed by atoms with Crippen LogP contribution < -0.4 is 10.6 Å². The monoisotopic (exact) mass is 262 g/mol. The highest BCUT2D eigenvalue weighted by Crippen LogP contribution is 2.21. The second-order valence-electron chi connectivity index (χ2n) is 4.42. The molecule has 1 aromatic rings. The molecule has 0 saturated heterocycles. The third kappa shape index (κ3) is 3.54. The molecular formula is C14H18N2O3. The maximum Gasteiger partial charge on any atom is 0.319 e. The van der Waals surface area contributed by atoms with Crippen LogP contribution in [0.25, 0.3) is 0 Å². The fourth-order valence-electron chi connectivity index (χ4n) is 2.12. The largest absolute Gasteiger partial charge is 0.465 e. The van der Waals surface area contributed by atoms with Crippen LogP contribution in [0, 0.1) is 0 Å². The van der Waals surface area contributed by atoms with Gasteiger partial charge in [-0.05, 0) is 31.4 Å². The zero-order chi connectivity index (χ0) is 13.7. The Morgan fingerprint density at radius 3 is 3.05 bits per heavy atom. The number of rotatable bonds is 4. The SMILES string of the molecule is CCOC(=O)CNC1CCc2ccccc2NC1=O. The van der Waals surface area contributed by atoms with Crippen LogP contribution in [0.2, 0.25) is 0 Å². The summed E-state index contributed by atoms with van der Waals surface area (Å²) in [6, 6.07) is 7.38. The van der Waals surface area contributed by atoms with E-state index in [0.717, 1.165) is 17.7 Å². The average Bonchev–Trinajstić information content (AvgIpc) is 2.55. The van der Waals surface area contributed by atoms with Gasteiger partial charge in [0, 0.05) is 5.69 Å². The molecule has 1 heterocycles. The summed E-state index contributed by atoms with van der Waals surface area (Å²) in [7, 11) is 0. The van der Waals surface area contributed by atoms with Crippen LogP contribution in [0.5, 0.6) is 0 Å². The van der Waals surface area contributed by atoms with Gasteiger partial charge in [0.1, 0.15) is 0 Å². The summed E-state index contributed by atoms with van der Waals surface area (Å²) >= 11 is 0. The molecule has 0 spiro atoms. The van der Waals surface area contributed by atoms with Gasteiger partial charge >= 0.3 is 5.97 Å². The van der Waals surface area contributed by atoms with Gasteiger partial charge in [0.05, 0.1) is 19.2 Å². The molecule has 5 heteroatoms. The highest BCUT2D eigenvalue weighted by molar-refractivity contribution is 5.96. The van der Waals surface area contributed by atoms with Crippen molar-refractivity contribution in [2.75, 3.05) is 18.5 Å². The molecule has 5 nitrogen and oxygen atoms in total. The van der Waals surface area contributed by atoms with Crippen LogP contribution in [-0.2, 0) is 20.7 Å². The lowest BCUT2D eigenvalue weighted by Gasteiger charge is -2.14. The number of hydrogen-bond donors (Lipinski definition) is 2.